The zero-order valence-electron chi connectivity index (χ0n) is 19.3. The predicted octanol–water partition coefficient (Wildman–Crippen LogP) is 4.43. The van der Waals surface area contributed by atoms with Gasteiger partial charge in [-0.15, -0.1) is 6.42 Å². The average Bonchev–Trinajstić information content (AvgIpc) is 3.26. The summed E-state index contributed by atoms with van der Waals surface area (Å²) in [5, 5.41) is 4.06. The van der Waals surface area contributed by atoms with Crippen molar-refractivity contribution in [1.29, 1.82) is 0 Å². The number of piperazine rings is 1. The highest BCUT2D eigenvalue weighted by Crippen LogP contribution is 2.36. The Labute approximate surface area is 203 Å². The number of ether oxygens (including phenoxy) is 1. The van der Waals surface area contributed by atoms with Crippen molar-refractivity contribution in [2.45, 2.75) is 24.9 Å². The number of terminal acetylenes is 1. The van der Waals surface area contributed by atoms with E-state index in [9.17, 15) is 0 Å². The Balaban J connectivity index is 1.54. The van der Waals surface area contributed by atoms with Crippen molar-refractivity contribution >= 4 is 16.7 Å². The molecule has 4 heterocycles. The van der Waals surface area contributed by atoms with Crippen LogP contribution in [0, 0.1) is 18.2 Å². The highest BCUT2D eigenvalue weighted by molar-refractivity contribution is 5.96. The van der Waals surface area contributed by atoms with Crippen LogP contribution in [0.1, 0.15) is 18.5 Å². The number of halogens is 1. The monoisotopic (exact) mass is 465 g/mol. The Kier molecular flexibility index (Phi) is 5.31. The van der Waals surface area contributed by atoms with Crippen molar-refractivity contribution in [2.24, 2.45) is 0 Å². The molecule has 2 saturated heterocycles. The summed E-state index contributed by atoms with van der Waals surface area (Å²) in [6.45, 7) is 1.52. The molecule has 1 N–H and O–H groups in total. The van der Waals surface area contributed by atoms with Gasteiger partial charge in [-0.1, -0.05) is 48.5 Å². The fourth-order valence-corrected chi connectivity index (χ4v) is 5.20. The molecule has 2 aliphatic rings. The van der Waals surface area contributed by atoms with Crippen LogP contribution in [0.25, 0.3) is 33.3 Å². The normalized spacial score (nSPS) is 19.1. The zero-order valence-corrected chi connectivity index (χ0v) is 19.3. The summed E-state index contributed by atoms with van der Waals surface area (Å²) in [7, 11) is 1.48. The fourth-order valence-electron chi connectivity index (χ4n) is 5.20. The van der Waals surface area contributed by atoms with Gasteiger partial charge in [0, 0.05) is 30.7 Å². The highest BCUT2D eigenvalue weighted by Gasteiger charge is 2.34. The van der Waals surface area contributed by atoms with Gasteiger partial charge in [-0.2, -0.15) is 9.97 Å². The lowest BCUT2D eigenvalue weighted by atomic mass is 10.0. The first kappa shape index (κ1) is 21.5. The maximum absolute atomic E-state index is 16.1. The van der Waals surface area contributed by atoms with Gasteiger partial charge in [0.1, 0.15) is 22.7 Å². The Morgan fingerprint density at radius 1 is 0.971 bits per heavy atom. The summed E-state index contributed by atoms with van der Waals surface area (Å²) >= 11 is 0. The van der Waals surface area contributed by atoms with E-state index in [0.29, 0.717) is 34.5 Å². The molecule has 2 unspecified atom stereocenters. The first-order valence-electron chi connectivity index (χ1n) is 11.7. The minimum Gasteiger partial charge on any atom is -0.467 e. The molecule has 174 valence electrons. The molecular weight excluding hydrogens is 441 g/mol. The van der Waals surface area contributed by atoms with Gasteiger partial charge in [-0.3, -0.25) is 0 Å². The first-order chi connectivity index (χ1) is 17.1. The second kappa shape index (κ2) is 8.64. The third-order valence-corrected chi connectivity index (χ3v) is 6.82. The highest BCUT2D eigenvalue weighted by atomic mass is 19.1. The Morgan fingerprint density at radius 2 is 1.69 bits per heavy atom. The van der Waals surface area contributed by atoms with Crippen molar-refractivity contribution in [3.8, 4) is 40.7 Å². The molecule has 2 bridgehead atoms. The van der Waals surface area contributed by atoms with Gasteiger partial charge in [0.05, 0.1) is 12.5 Å². The van der Waals surface area contributed by atoms with Crippen molar-refractivity contribution in [3.05, 3.63) is 66.1 Å². The molecule has 0 amide bonds. The Morgan fingerprint density at radius 3 is 2.40 bits per heavy atom. The Hall–Kier alpha value is -4.02. The maximum atomic E-state index is 16.1. The summed E-state index contributed by atoms with van der Waals surface area (Å²) in [6.07, 6.45) is 8.14. The van der Waals surface area contributed by atoms with E-state index in [-0.39, 0.29) is 17.2 Å². The molecule has 2 aromatic carbocycles. The molecule has 0 radical (unpaired) electrons. The van der Waals surface area contributed by atoms with Crippen LogP contribution in [0.5, 0.6) is 6.01 Å². The summed E-state index contributed by atoms with van der Waals surface area (Å²) in [4.78, 5) is 15.8. The number of benzene rings is 2. The minimum atomic E-state index is -0.538. The summed E-state index contributed by atoms with van der Waals surface area (Å²) in [5.41, 5.74) is 3.24. The SMILES string of the molecule is C#Cc1nc(-c2cccc(-c3ccccc3)c2)c(F)c2nc(OC)nc(N3CC4CCC(C3)N4)c12. The third kappa shape index (κ3) is 3.76. The van der Waals surface area contributed by atoms with Gasteiger partial charge in [-0.25, -0.2) is 9.37 Å². The lowest BCUT2D eigenvalue weighted by molar-refractivity contribution is 0.380. The second-order valence-corrected chi connectivity index (χ2v) is 9.01. The van der Waals surface area contributed by atoms with E-state index >= 15 is 4.39 Å². The number of hydrogen-bond donors (Lipinski definition) is 1. The molecule has 6 rings (SSSR count). The summed E-state index contributed by atoms with van der Waals surface area (Å²) in [6, 6.07) is 18.4. The number of hydrogen-bond acceptors (Lipinski definition) is 6. The maximum Gasteiger partial charge on any atom is 0.318 e. The average molecular weight is 466 g/mol. The van der Waals surface area contributed by atoms with Crippen molar-refractivity contribution < 1.29 is 9.13 Å². The van der Waals surface area contributed by atoms with Crippen LogP contribution in [-0.4, -0.2) is 47.2 Å². The molecule has 2 aromatic heterocycles. The smallest absolute Gasteiger partial charge is 0.318 e. The lowest BCUT2D eigenvalue weighted by Crippen LogP contribution is -2.51. The second-order valence-electron chi connectivity index (χ2n) is 9.01. The molecular formula is C28H24FN5O. The number of fused-ring (bicyclic) bond motifs is 3. The number of nitrogens with one attached hydrogen (secondary N) is 1. The first-order valence-corrected chi connectivity index (χ1v) is 11.7. The van der Waals surface area contributed by atoms with E-state index < -0.39 is 5.82 Å². The number of aromatic nitrogens is 3. The number of rotatable bonds is 4. The molecule has 35 heavy (non-hydrogen) atoms. The fraction of sp³-hybridized carbons (Fsp3) is 0.250. The van der Waals surface area contributed by atoms with E-state index in [1.165, 1.54) is 7.11 Å². The van der Waals surface area contributed by atoms with Gasteiger partial charge >= 0.3 is 6.01 Å². The van der Waals surface area contributed by atoms with Gasteiger partial charge in [0.2, 0.25) is 0 Å². The molecule has 7 heteroatoms. The van der Waals surface area contributed by atoms with Crippen LogP contribution in [0.15, 0.2) is 54.6 Å². The largest absolute Gasteiger partial charge is 0.467 e. The number of methoxy groups -OCH3 is 1. The molecule has 0 spiro atoms. The molecule has 2 aliphatic heterocycles. The quantitative estimate of drug-likeness (QED) is 0.450. The summed E-state index contributed by atoms with van der Waals surface area (Å²) in [5.74, 6) is 2.71. The predicted molar refractivity (Wildman–Crippen MR) is 135 cm³/mol. The minimum absolute atomic E-state index is 0.107. The van der Waals surface area contributed by atoms with Crippen molar-refractivity contribution in [3.63, 3.8) is 0 Å². The molecule has 2 atom stereocenters. The van der Waals surface area contributed by atoms with Crippen molar-refractivity contribution in [1.82, 2.24) is 20.3 Å². The topological polar surface area (TPSA) is 63.2 Å². The zero-order chi connectivity index (χ0) is 23.9. The van der Waals surface area contributed by atoms with Crippen molar-refractivity contribution in [2.75, 3.05) is 25.1 Å². The van der Waals surface area contributed by atoms with E-state index in [2.05, 4.69) is 31.1 Å². The number of anilines is 1. The van der Waals surface area contributed by atoms with E-state index in [4.69, 9.17) is 11.2 Å². The van der Waals surface area contributed by atoms with Gasteiger partial charge in [0.25, 0.3) is 0 Å². The van der Waals surface area contributed by atoms with Crippen LogP contribution in [0.4, 0.5) is 10.2 Å². The summed E-state index contributed by atoms with van der Waals surface area (Å²) < 4.78 is 21.5. The van der Waals surface area contributed by atoms with Gasteiger partial charge in [0.15, 0.2) is 5.82 Å². The molecule has 0 saturated carbocycles. The lowest BCUT2D eigenvalue weighted by Gasteiger charge is -2.34. The molecule has 2 fully saturated rings. The number of nitrogens with zero attached hydrogens (tertiary/aromatic N) is 4. The van der Waals surface area contributed by atoms with E-state index in [1.54, 1.807) is 0 Å². The molecule has 6 nitrogen and oxygen atoms in total. The standard InChI is InChI=1S/C28H24FN5O/c1-3-22-23-26(32-28(35-2)33-27(23)34-15-20-12-13-21(16-34)30-20)24(29)25(31-22)19-11-7-10-18(14-19)17-8-5-4-6-9-17/h1,4-11,14,20-21,30H,12-13,15-16H2,2H3. The van der Waals surface area contributed by atoms with Gasteiger partial charge in [-0.05, 0) is 36.0 Å². The van der Waals surface area contributed by atoms with Crippen LogP contribution in [-0.2, 0) is 0 Å². The molecule has 4 aromatic rings. The number of pyridine rings is 1. The van der Waals surface area contributed by atoms with E-state index in [0.717, 1.165) is 37.1 Å². The van der Waals surface area contributed by atoms with Crippen LogP contribution < -0.4 is 15.0 Å². The van der Waals surface area contributed by atoms with Crippen LogP contribution in [0.3, 0.4) is 0 Å². The van der Waals surface area contributed by atoms with Crippen LogP contribution in [0.2, 0.25) is 0 Å². The molecule has 0 aliphatic carbocycles. The van der Waals surface area contributed by atoms with Gasteiger partial charge < -0.3 is 15.0 Å². The Bertz CT molecular complexity index is 1450. The third-order valence-electron chi connectivity index (χ3n) is 6.82. The van der Waals surface area contributed by atoms with Crippen LogP contribution >= 0.6 is 0 Å². The van der Waals surface area contributed by atoms with E-state index in [1.807, 2.05) is 54.6 Å².